The molecule has 1 aliphatic carbocycles. The van der Waals surface area contributed by atoms with Gasteiger partial charge in [-0.3, -0.25) is 4.57 Å². The summed E-state index contributed by atoms with van der Waals surface area (Å²) in [7, 11) is 0. The summed E-state index contributed by atoms with van der Waals surface area (Å²) in [5, 5.41) is 1.58. The third-order valence-electron chi connectivity index (χ3n) is 16.9. The number of fused-ring (bicyclic) bond motifs is 5. The van der Waals surface area contributed by atoms with Crippen LogP contribution in [0.4, 0.5) is 22.7 Å². The third-order valence-corrected chi connectivity index (χ3v) is 16.9. The lowest BCUT2D eigenvalue weighted by molar-refractivity contribution is 0.333. The van der Waals surface area contributed by atoms with Crippen molar-refractivity contribution >= 4 is 44.6 Å². The van der Waals surface area contributed by atoms with Crippen LogP contribution >= 0.6 is 0 Å². The van der Waals surface area contributed by atoms with Gasteiger partial charge in [0.2, 0.25) is 0 Å². The van der Waals surface area contributed by atoms with Gasteiger partial charge in [0.1, 0.15) is 24.0 Å². The van der Waals surface area contributed by atoms with Crippen LogP contribution in [-0.2, 0) is 28.0 Å². The van der Waals surface area contributed by atoms with Crippen LogP contribution in [0, 0.1) is 12.8 Å². The van der Waals surface area contributed by atoms with Gasteiger partial charge >= 0.3 is 0 Å². The molecule has 5 nitrogen and oxygen atoms in total. The number of rotatable bonds is 10. The molecule has 0 unspecified atom stereocenters. The second kappa shape index (κ2) is 19.7. The van der Waals surface area contributed by atoms with E-state index >= 15 is 0 Å². The highest BCUT2D eigenvalue weighted by atomic mass is 16.5. The number of hydrogen-bond acceptors (Lipinski definition) is 4. The molecule has 0 atom stereocenters. The zero-order valence-corrected chi connectivity index (χ0v) is 48.7. The largest absolute Gasteiger partial charge is 0.457 e. The molecule has 0 N–H and O–H groups in total. The number of aromatic nitrogens is 2. The van der Waals surface area contributed by atoms with E-state index in [1.807, 2.05) is 67.1 Å². The van der Waals surface area contributed by atoms with Crippen molar-refractivity contribution in [1.29, 1.82) is 0 Å². The Morgan fingerprint density at radius 3 is 1.94 bits per heavy atom. The second-order valence-electron chi connectivity index (χ2n) is 26.1. The van der Waals surface area contributed by atoms with Crippen LogP contribution < -0.4 is 14.5 Å². The van der Waals surface area contributed by atoms with Gasteiger partial charge in [-0.1, -0.05) is 198 Å². The molecule has 0 fully saturated rings. The molecule has 404 valence electrons. The molecule has 0 spiro atoms. The molecule has 2 aliphatic rings. The number of hydrogen-bond donors (Lipinski definition) is 0. The number of nitrogens with zero attached hydrogens (tertiary/aromatic N) is 4. The normalized spacial score (nSPS) is 16.2. The molecule has 0 amide bonds. The standard InChI is InChI=1S/C75H78N4O/c1-48(2)38-51-42-69(76-46-63(51)61-28-21-29-64-70(61)75(12,13)37-36-74(64,10)11)79-65-35-32-49(3)39-62(65)60-34-33-57(45-68(60)79)80-56-25-19-24-55(44-56)77-47-78(67-31-18-17-30-66(67)77)71-58(50-22-15-14-16-23-50)26-20-27-59(71)52-40-53(72(4,5)6)43-54(41-52)73(7,8)9/h14-35,39-46,48H,36-38,47H2,1-13H3/i3D3,38D2. The quantitative estimate of drug-likeness (QED) is 0.137. The highest BCUT2D eigenvalue weighted by molar-refractivity contribution is 6.10. The summed E-state index contributed by atoms with van der Waals surface area (Å²) in [6.45, 7) is 25.1. The van der Waals surface area contributed by atoms with Gasteiger partial charge in [0.05, 0.1) is 28.1 Å². The predicted molar refractivity (Wildman–Crippen MR) is 339 cm³/mol. The highest BCUT2D eigenvalue weighted by Gasteiger charge is 2.39. The minimum absolute atomic E-state index is 0.0405. The lowest BCUT2D eigenvalue weighted by atomic mass is 9.61. The van der Waals surface area contributed by atoms with Gasteiger partial charge < -0.3 is 14.5 Å². The first kappa shape index (κ1) is 47.0. The number of benzene rings is 8. The number of ether oxygens (including phenoxy) is 1. The Balaban J connectivity index is 0.964. The van der Waals surface area contributed by atoms with E-state index < -0.39 is 13.2 Å². The average Bonchev–Trinajstić information content (AvgIpc) is 3.09. The van der Waals surface area contributed by atoms with E-state index in [-0.39, 0.29) is 33.1 Å². The molecule has 0 radical (unpaired) electrons. The van der Waals surface area contributed by atoms with Gasteiger partial charge in [0.25, 0.3) is 0 Å². The van der Waals surface area contributed by atoms with Crippen LogP contribution in [0.3, 0.4) is 0 Å². The molecule has 8 aromatic carbocycles. The smallest absolute Gasteiger partial charge is 0.137 e. The molecule has 80 heavy (non-hydrogen) atoms. The molecule has 0 bridgehead atoms. The van der Waals surface area contributed by atoms with E-state index in [1.165, 1.54) is 27.8 Å². The first-order valence-electron chi connectivity index (χ1n) is 31.1. The monoisotopic (exact) mass is 1060 g/mol. The maximum Gasteiger partial charge on any atom is 0.137 e. The van der Waals surface area contributed by atoms with Crippen LogP contribution in [0.15, 0.2) is 182 Å². The average molecular weight is 1060 g/mol. The predicted octanol–water partition coefficient (Wildman–Crippen LogP) is 20.7. The summed E-state index contributed by atoms with van der Waals surface area (Å²) in [6, 6.07) is 61.2. The van der Waals surface area contributed by atoms with Gasteiger partial charge in [-0.15, -0.1) is 0 Å². The van der Waals surface area contributed by atoms with E-state index in [2.05, 4.69) is 200 Å². The first-order chi connectivity index (χ1) is 40.1. The van der Waals surface area contributed by atoms with Crippen molar-refractivity contribution in [2.75, 3.05) is 16.5 Å². The molecule has 1 aliphatic heterocycles. The molecule has 12 rings (SSSR count). The third kappa shape index (κ3) is 9.56. The molecule has 0 saturated heterocycles. The molecular weight excluding hydrogens is 973 g/mol. The lowest BCUT2D eigenvalue weighted by Gasteiger charge is -2.43. The fourth-order valence-electron chi connectivity index (χ4n) is 12.5. The Hall–Kier alpha value is -7.89. The van der Waals surface area contributed by atoms with Gasteiger partial charge in [-0.25, -0.2) is 4.98 Å². The number of anilines is 4. The summed E-state index contributed by atoms with van der Waals surface area (Å²) in [4.78, 5) is 10.1. The van der Waals surface area contributed by atoms with Crippen molar-refractivity contribution in [2.24, 2.45) is 5.92 Å². The van der Waals surface area contributed by atoms with Crippen LogP contribution in [-0.4, -0.2) is 16.2 Å². The molecular formula is C75H78N4O. The topological polar surface area (TPSA) is 33.5 Å². The Labute approximate surface area is 483 Å². The van der Waals surface area contributed by atoms with Gasteiger partial charge in [-0.2, -0.15) is 0 Å². The zero-order chi connectivity index (χ0) is 60.3. The van der Waals surface area contributed by atoms with Crippen molar-refractivity contribution in [1.82, 2.24) is 9.55 Å². The summed E-state index contributed by atoms with van der Waals surface area (Å²) in [5.41, 5.74) is 17.9. The van der Waals surface area contributed by atoms with Crippen LogP contribution in [0.1, 0.15) is 136 Å². The van der Waals surface area contributed by atoms with E-state index in [9.17, 15) is 2.74 Å². The molecule has 5 heteroatoms. The number of pyridine rings is 1. The Bertz CT molecular complexity index is 4200. The Morgan fingerprint density at radius 2 is 1.23 bits per heavy atom. The van der Waals surface area contributed by atoms with Gasteiger partial charge in [0.15, 0.2) is 0 Å². The van der Waals surface area contributed by atoms with Crippen molar-refractivity contribution in [3.05, 3.63) is 216 Å². The van der Waals surface area contributed by atoms with Crippen LogP contribution in [0.25, 0.3) is 61.0 Å². The van der Waals surface area contributed by atoms with Gasteiger partial charge in [-0.05, 0) is 153 Å². The minimum Gasteiger partial charge on any atom is -0.457 e. The van der Waals surface area contributed by atoms with Crippen molar-refractivity contribution in [3.8, 4) is 50.7 Å². The van der Waals surface area contributed by atoms with E-state index in [1.54, 1.807) is 12.1 Å². The fraction of sp³-hybridized carbons (Fsp3) is 0.293. The maximum atomic E-state index is 9.79. The zero-order valence-electron chi connectivity index (χ0n) is 53.7. The molecule has 2 aromatic heterocycles. The summed E-state index contributed by atoms with van der Waals surface area (Å²) in [5.74, 6) is 1.39. The van der Waals surface area contributed by atoms with E-state index in [0.717, 1.165) is 85.2 Å². The summed E-state index contributed by atoms with van der Waals surface area (Å²) in [6.07, 6.45) is 2.20. The Kier molecular flexibility index (Phi) is 11.6. The maximum absolute atomic E-state index is 9.79. The minimum atomic E-state index is -2.33. The molecule has 10 aromatic rings. The van der Waals surface area contributed by atoms with Crippen LogP contribution in [0.5, 0.6) is 11.5 Å². The molecule has 0 saturated carbocycles. The number of para-hydroxylation sites is 3. The second-order valence-corrected chi connectivity index (χ2v) is 26.1. The summed E-state index contributed by atoms with van der Waals surface area (Å²) < 4.78 is 53.8. The van der Waals surface area contributed by atoms with Gasteiger partial charge in [0, 0.05) is 58.3 Å². The van der Waals surface area contributed by atoms with E-state index in [0.29, 0.717) is 29.5 Å². The van der Waals surface area contributed by atoms with Crippen molar-refractivity contribution in [2.45, 2.75) is 131 Å². The highest BCUT2D eigenvalue weighted by Crippen LogP contribution is 2.53. The lowest BCUT2D eigenvalue weighted by Crippen LogP contribution is -2.34. The van der Waals surface area contributed by atoms with E-state index in [4.69, 9.17) is 13.8 Å². The summed E-state index contributed by atoms with van der Waals surface area (Å²) >= 11 is 0. The first-order valence-corrected chi connectivity index (χ1v) is 28.6. The van der Waals surface area contributed by atoms with Crippen LogP contribution in [0.2, 0.25) is 0 Å². The SMILES string of the molecule is [2H]C([2H])([2H])c1ccc2c(c1)c1ccc(Oc3cccc(N4CN(c5c(-c6ccccc6)cccc5-c5cc(C(C)(C)C)cc(C(C)(C)C)c5)c5ccccc54)c3)cc1n2-c1cc(C([2H])([2H])C(C)C)c(-c2cccc3c2C(C)(C)CCC3(C)C)cn1. The Morgan fingerprint density at radius 1 is 0.575 bits per heavy atom. The van der Waals surface area contributed by atoms with Crippen molar-refractivity contribution in [3.63, 3.8) is 0 Å². The fourth-order valence-corrected chi connectivity index (χ4v) is 12.5. The molecule has 3 heterocycles. The van der Waals surface area contributed by atoms with Crippen molar-refractivity contribution < 1.29 is 11.6 Å². The number of aryl methyl sites for hydroxylation is 1.